The van der Waals surface area contributed by atoms with E-state index < -0.39 is 0 Å². The normalized spacial score (nSPS) is 11.0. The maximum atomic E-state index is 9.60. The zero-order valence-electron chi connectivity index (χ0n) is 14.0. The van der Waals surface area contributed by atoms with Crippen molar-refractivity contribution in [1.82, 2.24) is 4.98 Å². The van der Waals surface area contributed by atoms with Gasteiger partial charge in [0, 0.05) is 23.4 Å². The lowest BCUT2D eigenvalue weighted by atomic mass is 10.1. The van der Waals surface area contributed by atoms with Gasteiger partial charge in [-0.1, -0.05) is 30.4 Å². The van der Waals surface area contributed by atoms with E-state index in [1.807, 2.05) is 54.6 Å². The lowest BCUT2D eigenvalue weighted by molar-refractivity contribution is 0.282. The van der Waals surface area contributed by atoms with Crippen LogP contribution in [0, 0.1) is 0 Å². The largest absolute Gasteiger partial charge is 0.496 e. The van der Waals surface area contributed by atoms with Gasteiger partial charge in [-0.2, -0.15) is 0 Å². The summed E-state index contributed by atoms with van der Waals surface area (Å²) in [5.41, 5.74) is 3.59. The number of oxazole rings is 1. The molecule has 0 bridgehead atoms. The molecule has 3 rings (SSSR count). The van der Waals surface area contributed by atoms with Crippen LogP contribution in [-0.2, 0) is 6.61 Å². The number of anilines is 1. The van der Waals surface area contributed by atoms with E-state index in [0.717, 1.165) is 28.1 Å². The number of para-hydroxylation sites is 1. The van der Waals surface area contributed by atoms with Crippen molar-refractivity contribution in [3.63, 3.8) is 0 Å². The number of ether oxygens (including phenoxy) is 1. The number of hydrogen-bond acceptors (Lipinski definition) is 5. The second kappa shape index (κ2) is 8.17. The van der Waals surface area contributed by atoms with Crippen LogP contribution in [-0.4, -0.2) is 23.7 Å². The molecule has 0 saturated carbocycles. The molecule has 0 fully saturated rings. The van der Waals surface area contributed by atoms with Crippen LogP contribution in [0.4, 0.5) is 5.69 Å². The average molecular weight is 336 g/mol. The van der Waals surface area contributed by atoms with Crippen LogP contribution in [0.15, 0.2) is 65.5 Å². The number of aliphatic hydroxyl groups excluding tert-OH is 1. The summed E-state index contributed by atoms with van der Waals surface area (Å²) < 4.78 is 10.6. The second-order valence-electron chi connectivity index (χ2n) is 5.42. The maximum Gasteiger partial charge on any atom is 0.181 e. The van der Waals surface area contributed by atoms with Crippen LogP contribution in [0.5, 0.6) is 5.75 Å². The smallest absolute Gasteiger partial charge is 0.181 e. The van der Waals surface area contributed by atoms with E-state index in [1.165, 1.54) is 6.39 Å². The number of hydrogen-bond donors (Lipinski definition) is 2. The number of rotatable bonds is 7. The van der Waals surface area contributed by atoms with Crippen LogP contribution in [0.1, 0.15) is 11.1 Å². The van der Waals surface area contributed by atoms with E-state index in [4.69, 9.17) is 9.15 Å². The average Bonchev–Trinajstić information content (AvgIpc) is 3.20. The third kappa shape index (κ3) is 4.08. The van der Waals surface area contributed by atoms with E-state index in [1.54, 1.807) is 13.3 Å². The summed E-state index contributed by atoms with van der Waals surface area (Å²) in [6, 6.07) is 13.6. The molecule has 0 atom stereocenters. The Labute approximate surface area is 146 Å². The number of nitrogens with one attached hydrogen (secondary N) is 1. The Morgan fingerprint density at radius 2 is 2.12 bits per heavy atom. The van der Waals surface area contributed by atoms with E-state index in [9.17, 15) is 5.11 Å². The molecule has 5 heteroatoms. The topological polar surface area (TPSA) is 67.5 Å². The summed E-state index contributed by atoms with van der Waals surface area (Å²) in [5.74, 6) is 1.49. The summed E-state index contributed by atoms with van der Waals surface area (Å²) >= 11 is 0. The molecule has 0 saturated heterocycles. The number of aliphatic hydroxyl groups is 1. The fourth-order valence-electron chi connectivity index (χ4n) is 2.59. The quantitative estimate of drug-likeness (QED) is 0.683. The molecule has 1 aromatic heterocycles. The molecular formula is C20H20N2O3. The Hall–Kier alpha value is -3.05. The van der Waals surface area contributed by atoms with Crippen LogP contribution in [0.25, 0.3) is 17.4 Å². The predicted octanol–water partition coefficient (Wildman–Crippen LogP) is 3.97. The SMILES string of the molecule is COc1ccccc1/C=C/CNc1ccc(-c2cnco2)c(CO)c1. The molecule has 25 heavy (non-hydrogen) atoms. The lowest BCUT2D eigenvalue weighted by Gasteiger charge is -2.09. The third-order valence-electron chi connectivity index (χ3n) is 3.83. The fourth-order valence-corrected chi connectivity index (χ4v) is 2.59. The highest BCUT2D eigenvalue weighted by molar-refractivity contribution is 5.66. The van der Waals surface area contributed by atoms with Gasteiger partial charge in [-0.25, -0.2) is 4.98 Å². The van der Waals surface area contributed by atoms with Gasteiger partial charge >= 0.3 is 0 Å². The summed E-state index contributed by atoms with van der Waals surface area (Å²) in [6.45, 7) is 0.590. The van der Waals surface area contributed by atoms with E-state index in [2.05, 4.69) is 10.3 Å². The minimum absolute atomic E-state index is 0.0669. The van der Waals surface area contributed by atoms with Crippen molar-refractivity contribution in [1.29, 1.82) is 0 Å². The van der Waals surface area contributed by atoms with Crippen molar-refractivity contribution in [2.24, 2.45) is 0 Å². The molecule has 0 radical (unpaired) electrons. The highest BCUT2D eigenvalue weighted by Gasteiger charge is 2.08. The van der Waals surface area contributed by atoms with Gasteiger partial charge in [-0.05, 0) is 29.8 Å². The Bertz CT molecular complexity index is 842. The van der Waals surface area contributed by atoms with Crippen molar-refractivity contribution in [2.45, 2.75) is 6.61 Å². The Kier molecular flexibility index (Phi) is 5.49. The fraction of sp³-hybridized carbons (Fsp3) is 0.150. The highest BCUT2D eigenvalue weighted by Crippen LogP contribution is 2.26. The Morgan fingerprint density at radius 1 is 1.24 bits per heavy atom. The third-order valence-corrected chi connectivity index (χ3v) is 3.83. The first-order valence-corrected chi connectivity index (χ1v) is 7.98. The first kappa shape index (κ1) is 16.8. The second-order valence-corrected chi connectivity index (χ2v) is 5.42. The summed E-state index contributed by atoms with van der Waals surface area (Å²) in [4.78, 5) is 3.92. The summed E-state index contributed by atoms with van der Waals surface area (Å²) in [5, 5.41) is 12.9. The molecule has 2 N–H and O–H groups in total. The molecule has 0 aliphatic rings. The van der Waals surface area contributed by atoms with Crippen molar-refractivity contribution in [3.05, 3.63) is 72.3 Å². The Balaban J connectivity index is 1.66. The zero-order chi connectivity index (χ0) is 17.5. The molecule has 2 aromatic carbocycles. The van der Waals surface area contributed by atoms with Gasteiger partial charge in [-0.15, -0.1) is 0 Å². The predicted molar refractivity (Wildman–Crippen MR) is 98.4 cm³/mol. The first-order chi connectivity index (χ1) is 12.3. The number of benzene rings is 2. The van der Waals surface area contributed by atoms with Gasteiger partial charge in [0.25, 0.3) is 0 Å². The zero-order valence-corrected chi connectivity index (χ0v) is 14.0. The molecule has 0 aliphatic heterocycles. The van der Waals surface area contributed by atoms with Crippen molar-refractivity contribution in [3.8, 4) is 17.1 Å². The standard InChI is InChI=1S/C20H20N2O3/c1-24-19-7-3-2-5-15(19)6-4-10-22-17-8-9-18(16(11-17)13-23)20-12-21-14-25-20/h2-9,11-12,14,22-23H,10,13H2,1H3/b6-4+. The molecule has 1 heterocycles. The van der Waals surface area contributed by atoms with E-state index in [0.29, 0.717) is 12.3 Å². The minimum atomic E-state index is -0.0669. The molecule has 5 nitrogen and oxygen atoms in total. The molecule has 0 unspecified atom stereocenters. The molecule has 128 valence electrons. The van der Waals surface area contributed by atoms with Gasteiger partial charge in [-0.3, -0.25) is 0 Å². The van der Waals surface area contributed by atoms with E-state index >= 15 is 0 Å². The van der Waals surface area contributed by atoms with Gasteiger partial charge in [0.1, 0.15) is 5.75 Å². The molecule has 0 spiro atoms. The number of aromatic nitrogens is 1. The van der Waals surface area contributed by atoms with Gasteiger partial charge < -0.3 is 19.6 Å². The maximum absolute atomic E-state index is 9.60. The van der Waals surface area contributed by atoms with Crippen molar-refractivity contribution < 1.29 is 14.3 Å². The minimum Gasteiger partial charge on any atom is -0.496 e. The summed E-state index contributed by atoms with van der Waals surface area (Å²) in [6.07, 6.45) is 7.06. The Morgan fingerprint density at radius 3 is 2.88 bits per heavy atom. The molecular weight excluding hydrogens is 316 g/mol. The molecule has 0 aliphatic carbocycles. The van der Waals surface area contributed by atoms with Crippen molar-refractivity contribution >= 4 is 11.8 Å². The first-order valence-electron chi connectivity index (χ1n) is 7.98. The molecule has 3 aromatic rings. The van der Waals surface area contributed by atoms with Crippen LogP contribution < -0.4 is 10.1 Å². The van der Waals surface area contributed by atoms with Crippen LogP contribution in [0.3, 0.4) is 0 Å². The molecule has 0 amide bonds. The van der Waals surface area contributed by atoms with Crippen LogP contribution >= 0.6 is 0 Å². The van der Waals surface area contributed by atoms with Gasteiger partial charge in [0.2, 0.25) is 0 Å². The number of methoxy groups -OCH3 is 1. The lowest BCUT2D eigenvalue weighted by Crippen LogP contribution is -2.00. The highest BCUT2D eigenvalue weighted by atomic mass is 16.5. The van der Waals surface area contributed by atoms with Crippen LogP contribution in [0.2, 0.25) is 0 Å². The monoisotopic (exact) mass is 336 g/mol. The summed E-state index contributed by atoms with van der Waals surface area (Å²) in [7, 11) is 1.66. The van der Waals surface area contributed by atoms with E-state index in [-0.39, 0.29) is 6.61 Å². The number of nitrogens with zero attached hydrogens (tertiary/aromatic N) is 1. The van der Waals surface area contributed by atoms with Gasteiger partial charge in [0.05, 0.1) is 19.9 Å². The van der Waals surface area contributed by atoms with Crippen molar-refractivity contribution in [2.75, 3.05) is 19.0 Å². The van der Waals surface area contributed by atoms with Gasteiger partial charge in [0.15, 0.2) is 12.2 Å².